The number of esters is 1. The summed E-state index contributed by atoms with van der Waals surface area (Å²) in [6.45, 7) is 4.62. The zero-order chi connectivity index (χ0) is 21.8. The van der Waals surface area contributed by atoms with E-state index >= 15 is 0 Å². The van der Waals surface area contributed by atoms with Crippen molar-refractivity contribution in [2.24, 2.45) is 0 Å². The Kier molecular flexibility index (Phi) is 6.39. The summed E-state index contributed by atoms with van der Waals surface area (Å²) in [6, 6.07) is 6.00. The van der Waals surface area contributed by atoms with Gasteiger partial charge in [0.05, 0.1) is 17.9 Å². The van der Waals surface area contributed by atoms with Crippen LogP contribution in [0.3, 0.4) is 0 Å². The topological polar surface area (TPSA) is 79.8 Å². The molecule has 0 saturated carbocycles. The standard InChI is InChI=1S/C21H21F2N3O4/c1-3-30-21(29)15-5-7-18(24-13(15)2)20(28)26-10-8-25(9-11-26)19(27)14-4-6-16(22)17(23)12-14/h4-7,12H,3,8-11H2,1-2H3. The van der Waals surface area contributed by atoms with Gasteiger partial charge in [-0.25, -0.2) is 18.6 Å². The summed E-state index contributed by atoms with van der Waals surface area (Å²) in [5.74, 6) is -3.32. The van der Waals surface area contributed by atoms with Crippen LogP contribution in [-0.2, 0) is 4.74 Å². The van der Waals surface area contributed by atoms with E-state index in [1.165, 1.54) is 23.1 Å². The Labute approximate surface area is 172 Å². The number of hydrogen-bond donors (Lipinski definition) is 0. The number of piperazine rings is 1. The van der Waals surface area contributed by atoms with E-state index in [2.05, 4.69) is 4.98 Å². The van der Waals surface area contributed by atoms with Crippen LogP contribution in [-0.4, -0.2) is 65.4 Å². The zero-order valence-electron chi connectivity index (χ0n) is 16.7. The first-order valence-corrected chi connectivity index (χ1v) is 9.50. The predicted octanol–water partition coefficient (Wildman–Crippen LogP) is 2.44. The second-order valence-electron chi connectivity index (χ2n) is 6.76. The molecule has 30 heavy (non-hydrogen) atoms. The summed E-state index contributed by atoms with van der Waals surface area (Å²) < 4.78 is 31.4. The normalized spacial score (nSPS) is 13.9. The summed E-state index contributed by atoms with van der Waals surface area (Å²) in [7, 11) is 0. The molecule has 158 valence electrons. The van der Waals surface area contributed by atoms with E-state index in [0.717, 1.165) is 12.1 Å². The highest BCUT2D eigenvalue weighted by Crippen LogP contribution is 2.15. The number of aromatic nitrogens is 1. The van der Waals surface area contributed by atoms with E-state index in [1.807, 2.05) is 0 Å². The van der Waals surface area contributed by atoms with Crippen molar-refractivity contribution in [3.05, 3.63) is 64.5 Å². The molecule has 0 bridgehead atoms. The molecule has 2 amide bonds. The first-order valence-electron chi connectivity index (χ1n) is 9.50. The molecule has 0 atom stereocenters. The van der Waals surface area contributed by atoms with Crippen molar-refractivity contribution >= 4 is 17.8 Å². The Bertz CT molecular complexity index is 988. The summed E-state index contributed by atoms with van der Waals surface area (Å²) in [6.07, 6.45) is 0. The molecule has 0 unspecified atom stereocenters. The fourth-order valence-electron chi connectivity index (χ4n) is 3.19. The van der Waals surface area contributed by atoms with E-state index in [9.17, 15) is 23.2 Å². The number of pyridine rings is 1. The third-order valence-electron chi connectivity index (χ3n) is 4.82. The van der Waals surface area contributed by atoms with Crippen molar-refractivity contribution in [1.82, 2.24) is 14.8 Å². The number of aryl methyl sites for hydroxylation is 1. The quantitative estimate of drug-likeness (QED) is 0.714. The van der Waals surface area contributed by atoms with Gasteiger partial charge in [0.15, 0.2) is 11.6 Å². The number of amides is 2. The van der Waals surface area contributed by atoms with Gasteiger partial charge in [-0.15, -0.1) is 0 Å². The van der Waals surface area contributed by atoms with E-state index in [0.29, 0.717) is 11.3 Å². The first-order chi connectivity index (χ1) is 14.3. The van der Waals surface area contributed by atoms with Crippen molar-refractivity contribution < 1.29 is 27.9 Å². The van der Waals surface area contributed by atoms with Crippen LogP contribution in [0.5, 0.6) is 0 Å². The highest BCUT2D eigenvalue weighted by Gasteiger charge is 2.27. The van der Waals surface area contributed by atoms with Crippen molar-refractivity contribution in [3.8, 4) is 0 Å². The van der Waals surface area contributed by atoms with Gasteiger partial charge in [-0.3, -0.25) is 9.59 Å². The lowest BCUT2D eigenvalue weighted by atomic mass is 10.1. The fourth-order valence-corrected chi connectivity index (χ4v) is 3.19. The van der Waals surface area contributed by atoms with Crippen LogP contribution in [0.25, 0.3) is 0 Å². The van der Waals surface area contributed by atoms with Crippen LogP contribution in [0.1, 0.15) is 43.8 Å². The molecule has 1 saturated heterocycles. The number of carbonyl (C=O) groups excluding carboxylic acids is 3. The number of rotatable bonds is 4. The van der Waals surface area contributed by atoms with Crippen LogP contribution in [0.2, 0.25) is 0 Å². The molecule has 1 aromatic carbocycles. The minimum Gasteiger partial charge on any atom is -0.462 e. The van der Waals surface area contributed by atoms with Crippen LogP contribution in [0, 0.1) is 18.6 Å². The maximum atomic E-state index is 13.4. The minimum absolute atomic E-state index is 0.0560. The molecule has 0 spiro atoms. The molecule has 0 radical (unpaired) electrons. The largest absolute Gasteiger partial charge is 0.462 e. The maximum Gasteiger partial charge on any atom is 0.339 e. The lowest BCUT2D eigenvalue weighted by Crippen LogP contribution is -2.50. The van der Waals surface area contributed by atoms with Gasteiger partial charge in [-0.1, -0.05) is 0 Å². The Balaban J connectivity index is 1.64. The lowest BCUT2D eigenvalue weighted by Gasteiger charge is -2.34. The molecule has 1 aliphatic rings. The maximum absolute atomic E-state index is 13.4. The summed E-state index contributed by atoms with van der Waals surface area (Å²) in [4.78, 5) is 44.4. The number of nitrogens with zero attached hydrogens (tertiary/aromatic N) is 3. The first kappa shape index (κ1) is 21.4. The summed E-state index contributed by atoms with van der Waals surface area (Å²) in [5.41, 5.74) is 0.947. The van der Waals surface area contributed by atoms with Crippen molar-refractivity contribution in [1.29, 1.82) is 0 Å². The highest BCUT2D eigenvalue weighted by atomic mass is 19.2. The number of ether oxygens (including phenoxy) is 1. The summed E-state index contributed by atoms with van der Waals surface area (Å²) in [5, 5.41) is 0. The van der Waals surface area contributed by atoms with Gasteiger partial charge < -0.3 is 14.5 Å². The van der Waals surface area contributed by atoms with E-state index in [1.54, 1.807) is 18.7 Å². The monoisotopic (exact) mass is 417 g/mol. The van der Waals surface area contributed by atoms with Crippen LogP contribution in [0.4, 0.5) is 8.78 Å². The molecule has 9 heteroatoms. The molecular weight excluding hydrogens is 396 g/mol. The molecule has 2 heterocycles. The average molecular weight is 417 g/mol. The average Bonchev–Trinajstić information content (AvgIpc) is 2.74. The van der Waals surface area contributed by atoms with Gasteiger partial charge in [0, 0.05) is 31.7 Å². The Morgan fingerprint density at radius 1 is 0.967 bits per heavy atom. The van der Waals surface area contributed by atoms with Crippen LogP contribution in [0.15, 0.2) is 30.3 Å². The van der Waals surface area contributed by atoms with Gasteiger partial charge >= 0.3 is 5.97 Å². The highest BCUT2D eigenvalue weighted by molar-refractivity contribution is 5.96. The number of carbonyl (C=O) groups is 3. The molecular formula is C21H21F2N3O4. The van der Waals surface area contributed by atoms with E-state index in [4.69, 9.17) is 4.74 Å². The Morgan fingerprint density at radius 2 is 1.60 bits per heavy atom. The number of halogens is 2. The van der Waals surface area contributed by atoms with Gasteiger partial charge in [0.1, 0.15) is 5.69 Å². The molecule has 0 N–H and O–H groups in total. The van der Waals surface area contributed by atoms with Gasteiger partial charge in [-0.05, 0) is 44.2 Å². The number of hydrogen-bond acceptors (Lipinski definition) is 5. The molecule has 0 aliphatic carbocycles. The SMILES string of the molecule is CCOC(=O)c1ccc(C(=O)N2CCN(C(=O)c3ccc(F)c(F)c3)CC2)nc1C. The van der Waals surface area contributed by atoms with Crippen molar-refractivity contribution in [2.75, 3.05) is 32.8 Å². The van der Waals surface area contributed by atoms with E-state index in [-0.39, 0.29) is 50.0 Å². The summed E-state index contributed by atoms with van der Waals surface area (Å²) >= 11 is 0. The molecule has 3 rings (SSSR count). The van der Waals surface area contributed by atoms with Gasteiger partial charge in [0.25, 0.3) is 11.8 Å². The molecule has 1 aromatic heterocycles. The minimum atomic E-state index is -1.08. The van der Waals surface area contributed by atoms with Gasteiger partial charge in [-0.2, -0.15) is 0 Å². The Hall–Kier alpha value is -3.36. The third kappa shape index (κ3) is 4.45. The molecule has 1 aliphatic heterocycles. The van der Waals surface area contributed by atoms with E-state index < -0.39 is 23.5 Å². The smallest absolute Gasteiger partial charge is 0.339 e. The molecule has 1 fully saturated rings. The number of benzene rings is 1. The predicted molar refractivity (Wildman–Crippen MR) is 103 cm³/mol. The van der Waals surface area contributed by atoms with Gasteiger partial charge in [0.2, 0.25) is 0 Å². The third-order valence-corrected chi connectivity index (χ3v) is 4.82. The van der Waals surface area contributed by atoms with Crippen molar-refractivity contribution in [3.63, 3.8) is 0 Å². The second kappa shape index (κ2) is 8.98. The van der Waals surface area contributed by atoms with Crippen LogP contribution < -0.4 is 0 Å². The zero-order valence-corrected chi connectivity index (χ0v) is 16.7. The lowest BCUT2D eigenvalue weighted by molar-refractivity contribution is 0.0521. The fraction of sp³-hybridized carbons (Fsp3) is 0.333. The second-order valence-corrected chi connectivity index (χ2v) is 6.76. The molecule has 2 aromatic rings. The molecule has 7 nitrogen and oxygen atoms in total. The van der Waals surface area contributed by atoms with Crippen molar-refractivity contribution in [2.45, 2.75) is 13.8 Å². The Morgan fingerprint density at radius 3 is 2.17 bits per heavy atom. The van der Waals surface area contributed by atoms with Crippen LogP contribution >= 0.6 is 0 Å².